The number of nitrogens with zero attached hydrogens (tertiary/aromatic N) is 2. The molecule has 0 saturated carbocycles. The maximum atomic E-state index is 13.0. The molecule has 0 spiro atoms. The summed E-state index contributed by atoms with van der Waals surface area (Å²) in [5.74, 6) is 0.719. The van der Waals surface area contributed by atoms with Crippen LogP contribution in [0.25, 0.3) is 0 Å². The molecule has 2 aliphatic rings. The van der Waals surface area contributed by atoms with Crippen molar-refractivity contribution in [1.29, 1.82) is 0 Å². The van der Waals surface area contributed by atoms with E-state index in [2.05, 4.69) is 36.2 Å². The van der Waals surface area contributed by atoms with E-state index in [9.17, 15) is 18.0 Å². The van der Waals surface area contributed by atoms with Gasteiger partial charge >= 0.3 is 6.18 Å². The first-order valence-electron chi connectivity index (χ1n) is 12.3. The summed E-state index contributed by atoms with van der Waals surface area (Å²) in [6, 6.07) is 9.33. The number of piperazine rings is 1. The van der Waals surface area contributed by atoms with Gasteiger partial charge in [-0.3, -0.25) is 9.69 Å². The van der Waals surface area contributed by atoms with Crippen molar-refractivity contribution in [3.8, 4) is 5.75 Å². The third-order valence-electron chi connectivity index (χ3n) is 7.44. The van der Waals surface area contributed by atoms with Crippen molar-refractivity contribution in [2.24, 2.45) is 0 Å². The van der Waals surface area contributed by atoms with Crippen molar-refractivity contribution < 1.29 is 22.7 Å². The molecular weight excluding hydrogens is 455 g/mol. The maximum Gasteiger partial charge on any atom is 0.416 e. The lowest BCUT2D eigenvalue weighted by atomic mass is 9.86. The smallest absolute Gasteiger partial charge is 0.416 e. The molecule has 2 fully saturated rings. The maximum absolute atomic E-state index is 13.0. The van der Waals surface area contributed by atoms with Crippen molar-refractivity contribution in [2.75, 3.05) is 39.8 Å². The molecule has 0 unspecified atom stereocenters. The number of halogens is 3. The van der Waals surface area contributed by atoms with Crippen LogP contribution < -0.4 is 10.1 Å². The lowest BCUT2D eigenvalue weighted by molar-refractivity contribution is -0.137. The van der Waals surface area contributed by atoms with E-state index in [1.807, 2.05) is 7.05 Å². The van der Waals surface area contributed by atoms with Crippen LogP contribution in [0.2, 0.25) is 0 Å². The number of carbonyl (C=O) groups excluding carboxylic acids is 1. The van der Waals surface area contributed by atoms with Crippen LogP contribution in [0.4, 0.5) is 13.2 Å². The summed E-state index contributed by atoms with van der Waals surface area (Å²) in [6.07, 6.45) is -1.25. The molecule has 2 aliphatic heterocycles. The van der Waals surface area contributed by atoms with Gasteiger partial charge in [0.15, 0.2) is 0 Å². The Kier molecular flexibility index (Phi) is 7.71. The SMILES string of the molecule is CNCCOc1ccc([C@H]2CCC[C@H]3CN(C(=O)c4ccc(C(F)(F)F)cc4)CCN32)c(C)c1C. The van der Waals surface area contributed by atoms with E-state index in [0.29, 0.717) is 31.3 Å². The highest BCUT2D eigenvalue weighted by Crippen LogP contribution is 2.39. The van der Waals surface area contributed by atoms with Gasteiger partial charge in [0.05, 0.1) is 5.56 Å². The number of alkyl halides is 3. The summed E-state index contributed by atoms with van der Waals surface area (Å²) < 4.78 is 44.5. The molecule has 1 N–H and O–H groups in total. The molecule has 0 aliphatic carbocycles. The minimum Gasteiger partial charge on any atom is -0.492 e. The van der Waals surface area contributed by atoms with E-state index in [1.165, 1.54) is 23.3 Å². The largest absolute Gasteiger partial charge is 0.492 e. The fourth-order valence-corrected chi connectivity index (χ4v) is 5.35. The van der Waals surface area contributed by atoms with Gasteiger partial charge < -0.3 is 15.0 Å². The van der Waals surface area contributed by atoms with E-state index in [0.717, 1.165) is 55.8 Å². The highest BCUT2D eigenvalue weighted by Gasteiger charge is 2.38. The van der Waals surface area contributed by atoms with Crippen LogP contribution in [0.5, 0.6) is 5.75 Å². The molecule has 2 aromatic carbocycles. The minimum atomic E-state index is -4.40. The Morgan fingerprint density at radius 2 is 1.80 bits per heavy atom. The molecule has 0 aromatic heterocycles. The Labute approximate surface area is 205 Å². The van der Waals surface area contributed by atoms with Crippen molar-refractivity contribution in [3.05, 3.63) is 64.2 Å². The van der Waals surface area contributed by atoms with Crippen molar-refractivity contribution >= 4 is 5.91 Å². The first-order chi connectivity index (χ1) is 16.7. The summed E-state index contributed by atoms with van der Waals surface area (Å²) in [5.41, 5.74) is 3.30. The van der Waals surface area contributed by atoms with Gasteiger partial charge in [-0.25, -0.2) is 0 Å². The highest BCUT2D eigenvalue weighted by molar-refractivity contribution is 5.94. The zero-order chi connectivity index (χ0) is 25.2. The van der Waals surface area contributed by atoms with E-state index >= 15 is 0 Å². The molecule has 2 heterocycles. The third kappa shape index (κ3) is 5.48. The second kappa shape index (κ2) is 10.6. The Bertz CT molecular complexity index is 1040. The Balaban J connectivity index is 1.45. The Hall–Kier alpha value is -2.58. The van der Waals surface area contributed by atoms with Crippen LogP contribution in [0.3, 0.4) is 0 Å². The molecule has 35 heavy (non-hydrogen) atoms. The summed E-state index contributed by atoms with van der Waals surface area (Å²) >= 11 is 0. The number of ether oxygens (including phenoxy) is 1. The summed E-state index contributed by atoms with van der Waals surface area (Å²) in [6.45, 7) is 7.59. The number of fused-ring (bicyclic) bond motifs is 1. The van der Waals surface area contributed by atoms with Gasteiger partial charge in [0, 0.05) is 43.8 Å². The lowest BCUT2D eigenvalue weighted by Crippen LogP contribution is -2.57. The number of amides is 1. The zero-order valence-electron chi connectivity index (χ0n) is 20.6. The molecule has 2 aromatic rings. The van der Waals surface area contributed by atoms with Crippen LogP contribution in [0, 0.1) is 13.8 Å². The zero-order valence-corrected chi connectivity index (χ0v) is 20.6. The average Bonchev–Trinajstić information content (AvgIpc) is 2.85. The average molecular weight is 490 g/mol. The number of hydrogen-bond acceptors (Lipinski definition) is 4. The monoisotopic (exact) mass is 489 g/mol. The fraction of sp³-hybridized carbons (Fsp3) is 0.519. The fourth-order valence-electron chi connectivity index (χ4n) is 5.35. The number of hydrogen-bond donors (Lipinski definition) is 1. The highest BCUT2D eigenvalue weighted by atomic mass is 19.4. The quantitative estimate of drug-likeness (QED) is 0.582. The van der Waals surface area contributed by atoms with Crippen LogP contribution in [0.15, 0.2) is 36.4 Å². The topological polar surface area (TPSA) is 44.8 Å². The minimum absolute atomic E-state index is 0.199. The van der Waals surface area contributed by atoms with Crippen LogP contribution in [-0.2, 0) is 6.18 Å². The van der Waals surface area contributed by atoms with Gasteiger partial charge in [0.25, 0.3) is 5.91 Å². The number of piperidine rings is 1. The summed E-state index contributed by atoms with van der Waals surface area (Å²) in [4.78, 5) is 17.4. The first-order valence-corrected chi connectivity index (χ1v) is 12.3. The Morgan fingerprint density at radius 3 is 2.49 bits per heavy atom. The number of benzene rings is 2. The molecule has 1 amide bonds. The summed E-state index contributed by atoms with van der Waals surface area (Å²) in [7, 11) is 1.90. The molecule has 190 valence electrons. The number of likely N-dealkylation sites (N-methyl/N-ethyl adjacent to an activating group) is 1. The third-order valence-corrected chi connectivity index (χ3v) is 7.44. The Morgan fingerprint density at radius 1 is 1.06 bits per heavy atom. The van der Waals surface area contributed by atoms with Gasteiger partial charge in [-0.15, -0.1) is 0 Å². The van der Waals surface area contributed by atoms with E-state index < -0.39 is 11.7 Å². The van der Waals surface area contributed by atoms with Gasteiger partial charge in [-0.2, -0.15) is 13.2 Å². The van der Waals surface area contributed by atoms with Crippen LogP contribution in [0.1, 0.15) is 57.9 Å². The normalized spacial score (nSPS) is 21.0. The predicted octanol–water partition coefficient (Wildman–Crippen LogP) is 4.97. The molecule has 5 nitrogen and oxygen atoms in total. The number of carbonyl (C=O) groups is 1. The van der Waals surface area contributed by atoms with Gasteiger partial charge in [0.1, 0.15) is 12.4 Å². The van der Waals surface area contributed by atoms with Gasteiger partial charge in [0.2, 0.25) is 0 Å². The molecule has 2 saturated heterocycles. The molecule has 0 radical (unpaired) electrons. The molecule has 2 atom stereocenters. The second-order valence-corrected chi connectivity index (χ2v) is 9.52. The standard InChI is InChI=1S/C27H34F3N3O2/c1-18-19(2)25(35-16-13-31-3)12-11-23(18)24-6-4-5-22-17-32(14-15-33(22)24)26(34)20-7-9-21(10-8-20)27(28,29)30/h7-12,22,24,31H,4-6,13-17H2,1-3H3/t22-,24+/m0/s1. The molecular formula is C27H34F3N3O2. The predicted molar refractivity (Wildman–Crippen MR) is 130 cm³/mol. The van der Waals surface area contributed by atoms with Crippen molar-refractivity contribution in [3.63, 3.8) is 0 Å². The molecule has 0 bridgehead atoms. The van der Waals surface area contributed by atoms with Crippen molar-refractivity contribution in [1.82, 2.24) is 15.1 Å². The van der Waals surface area contributed by atoms with E-state index in [1.54, 1.807) is 4.90 Å². The van der Waals surface area contributed by atoms with Crippen molar-refractivity contribution in [2.45, 2.75) is 51.4 Å². The number of nitrogens with one attached hydrogen (secondary N) is 1. The van der Waals surface area contributed by atoms with Crippen LogP contribution in [-0.4, -0.2) is 61.6 Å². The van der Waals surface area contributed by atoms with Gasteiger partial charge in [-0.1, -0.05) is 6.07 Å². The molecule has 4 rings (SSSR count). The van der Waals surface area contributed by atoms with Gasteiger partial charge in [-0.05, 0) is 87.2 Å². The van der Waals surface area contributed by atoms with E-state index in [-0.39, 0.29) is 11.9 Å². The second-order valence-electron chi connectivity index (χ2n) is 9.52. The van der Waals surface area contributed by atoms with Crippen LogP contribution >= 0.6 is 0 Å². The lowest BCUT2D eigenvalue weighted by Gasteiger charge is -2.49. The van der Waals surface area contributed by atoms with E-state index in [4.69, 9.17) is 4.74 Å². The number of rotatable bonds is 6. The first kappa shape index (κ1) is 25.5. The molecule has 8 heteroatoms. The summed E-state index contributed by atoms with van der Waals surface area (Å²) in [5, 5.41) is 3.09.